The van der Waals surface area contributed by atoms with Crippen molar-refractivity contribution in [3.63, 3.8) is 0 Å². The molecule has 10 heteroatoms. The average molecular weight is 495 g/mol. The zero-order valence-corrected chi connectivity index (χ0v) is 19.1. The van der Waals surface area contributed by atoms with E-state index in [2.05, 4.69) is 15.7 Å². The lowest BCUT2D eigenvalue weighted by Crippen LogP contribution is -2.46. The highest BCUT2D eigenvalue weighted by Gasteiger charge is 2.38. The van der Waals surface area contributed by atoms with Gasteiger partial charge in [-0.25, -0.2) is 4.39 Å². The fraction of sp³-hybridized carbons (Fsp3) is 0.333. The summed E-state index contributed by atoms with van der Waals surface area (Å²) in [7, 11) is 1.79. The molecule has 0 aliphatic carbocycles. The van der Waals surface area contributed by atoms with E-state index in [1.807, 2.05) is 18.3 Å². The summed E-state index contributed by atoms with van der Waals surface area (Å²) < 4.78 is 57.1. The normalized spacial score (nSPS) is 17.4. The van der Waals surface area contributed by atoms with Gasteiger partial charge in [-0.05, 0) is 48.7 Å². The number of nitrogens with one attached hydrogen (secondary N) is 2. The molecule has 0 saturated carbocycles. The molecule has 1 fully saturated rings. The van der Waals surface area contributed by atoms with Crippen LogP contribution < -0.4 is 10.6 Å². The smallest absolute Gasteiger partial charge is 0.344 e. The lowest BCUT2D eigenvalue weighted by molar-refractivity contribution is -0.138. The van der Waals surface area contributed by atoms with Crippen LogP contribution in [0.3, 0.4) is 0 Å². The van der Waals surface area contributed by atoms with Crippen molar-refractivity contribution in [2.75, 3.05) is 6.54 Å². The van der Waals surface area contributed by atoms with Crippen LogP contribution in [-0.2, 0) is 13.2 Å². The number of aromatic nitrogens is 2. The van der Waals surface area contributed by atoms with Crippen molar-refractivity contribution in [2.45, 2.75) is 37.5 Å². The Hall–Kier alpha value is -2.91. The molecule has 0 bridgehead atoms. The second-order valence-corrected chi connectivity index (χ2v) is 8.72. The number of piperidine rings is 1. The zero-order chi connectivity index (χ0) is 24.5. The molecule has 1 unspecified atom stereocenters. The molecule has 1 aromatic heterocycles. The molecular weight excluding hydrogens is 472 g/mol. The fourth-order valence-corrected chi connectivity index (χ4v) is 4.44. The van der Waals surface area contributed by atoms with Crippen LogP contribution in [0.4, 0.5) is 17.6 Å². The number of carbonyl (C=O) groups excluding carboxylic acids is 1. The molecule has 4 rings (SSSR count). The van der Waals surface area contributed by atoms with E-state index in [4.69, 9.17) is 11.6 Å². The topological polar surface area (TPSA) is 59.0 Å². The molecule has 2 N–H and O–H groups in total. The summed E-state index contributed by atoms with van der Waals surface area (Å²) >= 11 is 5.73. The molecule has 2 atom stereocenters. The molecular formula is C24H23ClF4N4O. The first-order chi connectivity index (χ1) is 16.1. The van der Waals surface area contributed by atoms with E-state index in [9.17, 15) is 22.4 Å². The Bertz CT molecular complexity index is 1190. The molecule has 34 heavy (non-hydrogen) atoms. The molecule has 1 saturated heterocycles. The maximum Gasteiger partial charge on any atom is 0.417 e. The monoisotopic (exact) mass is 494 g/mol. The third kappa shape index (κ3) is 5.10. The molecule has 5 nitrogen and oxygen atoms in total. The molecule has 2 aromatic carbocycles. The van der Waals surface area contributed by atoms with E-state index in [1.165, 1.54) is 0 Å². The van der Waals surface area contributed by atoms with E-state index >= 15 is 0 Å². The first-order valence-corrected chi connectivity index (χ1v) is 11.2. The van der Waals surface area contributed by atoms with Gasteiger partial charge in [-0.1, -0.05) is 36.2 Å². The number of halogens is 5. The highest BCUT2D eigenvalue weighted by Crippen LogP contribution is 2.36. The SMILES string of the molecule is Cn1cc(-c2cccc(C(NC(=O)c3c(C(F)(F)F)ccc(Cl)c3F)[C@@H]3CCCCN3)c2)cn1. The van der Waals surface area contributed by atoms with Crippen molar-refractivity contribution >= 4 is 17.5 Å². The van der Waals surface area contributed by atoms with Gasteiger partial charge >= 0.3 is 6.18 Å². The lowest BCUT2D eigenvalue weighted by Gasteiger charge is -2.33. The molecule has 1 amide bonds. The van der Waals surface area contributed by atoms with Crippen LogP contribution in [0.2, 0.25) is 5.02 Å². The quantitative estimate of drug-likeness (QED) is 0.460. The summed E-state index contributed by atoms with van der Waals surface area (Å²) in [5.41, 5.74) is -0.0995. The Morgan fingerprint density at radius 3 is 2.68 bits per heavy atom. The second-order valence-electron chi connectivity index (χ2n) is 8.32. The third-order valence-corrected chi connectivity index (χ3v) is 6.24. The zero-order valence-electron chi connectivity index (χ0n) is 18.3. The minimum Gasteiger partial charge on any atom is -0.344 e. The third-order valence-electron chi connectivity index (χ3n) is 5.95. The lowest BCUT2D eigenvalue weighted by atomic mass is 9.90. The summed E-state index contributed by atoms with van der Waals surface area (Å²) in [6.07, 6.45) is 1.16. The van der Waals surface area contributed by atoms with E-state index in [-0.39, 0.29) is 6.04 Å². The molecule has 3 aromatic rings. The Kier molecular flexibility index (Phi) is 6.95. The summed E-state index contributed by atoms with van der Waals surface area (Å²) in [6, 6.07) is 7.83. The van der Waals surface area contributed by atoms with Crippen LogP contribution in [0.25, 0.3) is 11.1 Å². The summed E-state index contributed by atoms with van der Waals surface area (Å²) in [6.45, 7) is 0.707. The second kappa shape index (κ2) is 9.76. The molecule has 0 spiro atoms. The summed E-state index contributed by atoms with van der Waals surface area (Å²) in [5, 5.41) is 9.62. The van der Waals surface area contributed by atoms with Crippen molar-refractivity contribution in [2.24, 2.45) is 7.05 Å². The molecule has 0 radical (unpaired) electrons. The number of hydrogen-bond donors (Lipinski definition) is 2. The predicted molar refractivity (Wildman–Crippen MR) is 121 cm³/mol. The van der Waals surface area contributed by atoms with Crippen LogP contribution in [0.15, 0.2) is 48.8 Å². The van der Waals surface area contributed by atoms with Gasteiger partial charge in [0.25, 0.3) is 5.91 Å². The molecule has 180 valence electrons. The van der Waals surface area contributed by atoms with Gasteiger partial charge in [0, 0.05) is 24.8 Å². The number of aryl methyl sites for hydroxylation is 1. The Labute approximate surface area is 199 Å². The van der Waals surface area contributed by atoms with Crippen LogP contribution in [0.1, 0.15) is 46.8 Å². The summed E-state index contributed by atoms with van der Waals surface area (Å²) in [5.74, 6) is -2.56. The number of carbonyl (C=O) groups is 1. The van der Waals surface area contributed by atoms with Crippen molar-refractivity contribution in [3.05, 3.63) is 76.3 Å². The molecule has 2 heterocycles. The van der Waals surface area contributed by atoms with E-state index in [1.54, 1.807) is 30.1 Å². The minimum atomic E-state index is -4.92. The molecule has 1 aliphatic heterocycles. The van der Waals surface area contributed by atoms with Crippen LogP contribution >= 0.6 is 11.6 Å². The van der Waals surface area contributed by atoms with Gasteiger partial charge < -0.3 is 10.6 Å². The predicted octanol–water partition coefficient (Wildman–Crippen LogP) is 5.51. The van der Waals surface area contributed by atoms with Gasteiger partial charge in [0.1, 0.15) is 0 Å². The number of alkyl halides is 3. The van der Waals surface area contributed by atoms with Gasteiger partial charge in [0.15, 0.2) is 5.82 Å². The number of amides is 1. The number of rotatable bonds is 5. The van der Waals surface area contributed by atoms with Gasteiger partial charge in [-0.2, -0.15) is 18.3 Å². The molecule has 1 aliphatic rings. The van der Waals surface area contributed by atoms with Crippen molar-refractivity contribution in [1.82, 2.24) is 20.4 Å². The Morgan fingerprint density at radius 1 is 1.24 bits per heavy atom. The highest BCUT2D eigenvalue weighted by atomic mass is 35.5. The number of nitrogens with zero attached hydrogens (tertiary/aromatic N) is 2. The van der Waals surface area contributed by atoms with Crippen molar-refractivity contribution < 1.29 is 22.4 Å². The standard InChI is InChI=1S/C24H23ClF4N4O/c1-33-13-16(12-31-33)14-5-4-6-15(11-14)22(19-7-2-3-10-30-19)32-23(34)20-17(24(27,28)29)8-9-18(25)21(20)26/h4-6,8-9,11-13,19,22,30H,2-3,7,10H2,1H3,(H,32,34)/t19-,22?/m0/s1. The van der Waals surface area contributed by atoms with Crippen LogP contribution in [-0.4, -0.2) is 28.3 Å². The maximum atomic E-state index is 14.7. The minimum absolute atomic E-state index is 0.238. The van der Waals surface area contributed by atoms with Gasteiger partial charge in [0.2, 0.25) is 0 Å². The summed E-state index contributed by atoms with van der Waals surface area (Å²) in [4.78, 5) is 13.1. The van der Waals surface area contributed by atoms with E-state index in [0.29, 0.717) is 24.6 Å². The average Bonchev–Trinajstić information content (AvgIpc) is 3.25. The van der Waals surface area contributed by atoms with Gasteiger partial charge in [0.05, 0.1) is 28.4 Å². The van der Waals surface area contributed by atoms with Gasteiger partial charge in [-0.3, -0.25) is 9.48 Å². The number of benzene rings is 2. The number of hydrogen-bond acceptors (Lipinski definition) is 3. The van der Waals surface area contributed by atoms with Crippen LogP contribution in [0, 0.1) is 5.82 Å². The Balaban J connectivity index is 1.73. The van der Waals surface area contributed by atoms with Crippen molar-refractivity contribution in [3.8, 4) is 11.1 Å². The van der Waals surface area contributed by atoms with Crippen molar-refractivity contribution in [1.29, 1.82) is 0 Å². The maximum absolute atomic E-state index is 14.7. The fourth-order valence-electron chi connectivity index (χ4n) is 4.28. The van der Waals surface area contributed by atoms with E-state index in [0.717, 1.165) is 30.0 Å². The first kappa shape index (κ1) is 24.2. The first-order valence-electron chi connectivity index (χ1n) is 10.8. The van der Waals surface area contributed by atoms with E-state index < -0.39 is 40.1 Å². The Morgan fingerprint density at radius 2 is 2.03 bits per heavy atom. The largest absolute Gasteiger partial charge is 0.417 e. The van der Waals surface area contributed by atoms with Gasteiger partial charge in [-0.15, -0.1) is 0 Å². The highest BCUT2D eigenvalue weighted by molar-refractivity contribution is 6.31. The van der Waals surface area contributed by atoms with Crippen LogP contribution in [0.5, 0.6) is 0 Å².